The number of aliphatic imine (C=N–C) groups is 1. The molecule has 1 aliphatic rings. The quantitative estimate of drug-likeness (QED) is 0.171. The van der Waals surface area contributed by atoms with Crippen molar-refractivity contribution in [3.8, 4) is 0 Å². The zero-order valence-corrected chi connectivity index (χ0v) is 13.2. The number of carbonyl (C=O) groups excluding carboxylic acids is 1. The van der Waals surface area contributed by atoms with Crippen LogP contribution >= 0.6 is 11.8 Å². The average molecular weight is 351 g/mol. The summed E-state index contributed by atoms with van der Waals surface area (Å²) in [7, 11) is 0. The molecular weight excluding hydrogens is 337 g/mol. The van der Waals surface area contributed by atoms with E-state index in [-0.39, 0.29) is 23.4 Å². The minimum atomic E-state index is -0.325. The normalized spacial score (nSPS) is 16.2. The lowest BCUT2D eigenvalue weighted by Crippen LogP contribution is -2.25. The zero-order valence-electron chi connectivity index (χ0n) is 12.4. The zero-order chi connectivity index (χ0) is 16.9. The van der Waals surface area contributed by atoms with Gasteiger partial charge in [-0.15, -0.1) is 0 Å². The molecule has 1 atom stereocenters. The second kappa shape index (κ2) is 7.41. The van der Waals surface area contributed by atoms with E-state index in [1.54, 1.807) is 6.07 Å². The highest BCUT2D eigenvalue weighted by molar-refractivity contribution is 7.99. The van der Waals surface area contributed by atoms with Crippen LogP contribution in [0.5, 0.6) is 0 Å². The van der Waals surface area contributed by atoms with E-state index < -0.39 is 0 Å². The van der Waals surface area contributed by atoms with Gasteiger partial charge < -0.3 is 5.32 Å². The first-order valence-corrected chi connectivity index (χ1v) is 8.10. The van der Waals surface area contributed by atoms with Gasteiger partial charge >= 0.3 is 0 Å². The van der Waals surface area contributed by atoms with Gasteiger partial charge in [-0.1, -0.05) is 17.8 Å². The van der Waals surface area contributed by atoms with E-state index in [4.69, 9.17) is 4.63 Å². The number of amidine groups is 1. The van der Waals surface area contributed by atoms with Crippen LogP contribution in [0, 0.1) is 5.82 Å². The number of hydroxylamine groups is 1. The molecule has 8 nitrogen and oxygen atoms in total. The molecule has 1 aromatic heterocycles. The Balaban J connectivity index is 1.75. The molecule has 1 amide bonds. The summed E-state index contributed by atoms with van der Waals surface area (Å²) in [6.45, 7) is 0.453. The van der Waals surface area contributed by atoms with Crippen molar-refractivity contribution in [2.45, 2.75) is 17.5 Å². The molecule has 1 heterocycles. The summed E-state index contributed by atoms with van der Waals surface area (Å²) >= 11 is 1.30. The number of halogens is 1. The molecule has 0 bridgehead atoms. The van der Waals surface area contributed by atoms with Gasteiger partial charge in [0.05, 0.1) is 6.04 Å². The van der Waals surface area contributed by atoms with Gasteiger partial charge in [-0.3, -0.25) is 20.5 Å². The lowest BCUT2D eigenvalue weighted by atomic mass is 9.83. The number of rotatable bonds is 7. The monoisotopic (exact) mass is 351 g/mol. The van der Waals surface area contributed by atoms with Crippen molar-refractivity contribution >= 4 is 24.0 Å². The molecule has 1 aliphatic carbocycles. The summed E-state index contributed by atoms with van der Waals surface area (Å²) < 4.78 is 18.0. The second-order valence-corrected chi connectivity index (χ2v) is 6.07. The van der Waals surface area contributed by atoms with Gasteiger partial charge in [0.15, 0.2) is 16.6 Å². The highest BCUT2D eigenvalue weighted by atomic mass is 32.2. The Kier molecular flexibility index (Phi) is 5.06. The van der Waals surface area contributed by atoms with E-state index in [0.29, 0.717) is 30.2 Å². The van der Waals surface area contributed by atoms with E-state index in [1.807, 2.05) is 5.48 Å². The highest BCUT2D eigenvalue weighted by Crippen LogP contribution is 2.37. The van der Waals surface area contributed by atoms with Gasteiger partial charge in [0.1, 0.15) is 5.82 Å². The Labute approximate surface area is 140 Å². The largest absolute Gasteiger partial charge is 0.358 e. The van der Waals surface area contributed by atoms with Crippen LogP contribution in [0.3, 0.4) is 0 Å². The van der Waals surface area contributed by atoms with Crippen LogP contribution in [-0.4, -0.2) is 40.1 Å². The Morgan fingerprint density at radius 1 is 1.54 bits per heavy atom. The smallest absolute Gasteiger partial charge is 0.207 e. The molecule has 0 spiro atoms. The molecule has 3 rings (SSSR count). The third kappa shape index (κ3) is 3.39. The fourth-order valence-electron chi connectivity index (χ4n) is 2.35. The maximum Gasteiger partial charge on any atom is 0.207 e. The number of fused-ring (bicyclic) bond motifs is 1. The van der Waals surface area contributed by atoms with Crippen LogP contribution in [-0.2, 0) is 11.2 Å². The lowest BCUT2D eigenvalue weighted by molar-refractivity contribution is -0.109. The summed E-state index contributed by atoms with van der Waals surface area (Å²) in [5, 5.41) is 19.8. The molecule has 0 fully saturated rings. The molecule has 1 unspecified atom stereocenters. The number of hydrogen-bond donors (Lipinski definition) is 3. The molecule has 0 saturated heterocycles. The topological polar surface area (TPSA) is 113 Å². The Morgan fingerprint density at radius 3 is 3.21 bits per heavy atom. The molecule has 24 heavy (non-hydrogen) atoms. The summed E-state index contributed by atoms with van der Waals surface area (Å²) in [6, 6.07) is 4.30. The third-order valence-electron chi connectivity index (χ3n) is 3.52. The minimum absolute atomic E-state index is 0.0991. The first kappa shape index (κ1) is 16.4. The maximum absolute atomic E-state index is 13.3. The maximum atomic E-state index is 13.3. The SMILES string of the molecule is O=CNCCSc1nonc1C(=NC1Cc2ccc(F)cc21)NO. The van der Waals surface area contributed by atoms with Gasteiger partial charge in [0.2, 0.25) is 6.41 Å². The summed E-state index contributed by atoms with van der Waals surface area (Å²) in [5.74, 6) is 0.326. The average Bonchev–Trinajstić information content (AvgIpc) is 3.03. The van der Waals surface area contributed by atoms with Crippen LogP contribution in [0.2, 0.25) is 0 Å². The van der Waals surface area contributed by atoms with Gasteiger partial charge in [-0.25, -0.2) is 9.02 Å². The van der Waals surface area contributed by atoms with Crippen molar-refractivity contribution in [3.63, 3.8) is 0 Å². The number of nitrogens with zero attached hydrogens (tertiary/aromatic N) is 3. The predicted molar refractivity (Wildman–Crippen MR) is 83.4 cm³/mol. The van der Waals surface area contributed by atoms with Crippen LogP contribution < -0.4 is 10.8 Å². The molecular formula is C14H14FN5O3S. The highest BCUT2D eigenvalue weighted by Gasteiger charge is 2.28. The number of thioether (sulfide) groups is 1. The van der Waals surface area contributed by atoms with Crippen molar-refractivity contribution < 1.29 is 19.0 Å². The molecule has 0 saturated carbocycles. The fraction of sp³-hybridized carbons (Fsp3) is 0.286. The van der Waals surface area contributed by atoms with Gasteiger partial charge in [-0.05, 0) is 40.0 Å². The molecule has 0 aliphatic heterocycles. The minimum Gasteiger partial charge on any atom is -0.358 e. The predicted octanol–water partition coefficient (Wildman–Crippen LogP) is 1.07. The van der Waals surface area contributed by atoms with Gasteiger partial charge in [0, 0.05) is 12.3 Å². The third-order valence-corrected chi connectivity index (χ3v) is 4.47. The standard InChI is InChI=1S/C14H14FN5O3S/c15-9-2-1-8-5-11(10(8)6-9)17-13(18-22)12-14(20-23-19-12)24-4-3-16-7-21/h1-2,6-7,11,22H,3-5H2,(H,16,21)(H,17,18). The molecule has 1 aromatic carbocycles. The van der Waals surface area contributed by atoms with Crippen LogP contribution in [0.1, 0.15) is 22.9 Å². The molecule has 3 N–H and O–H groups in total. The fourth-order valence-corrected chi connectivity index (χ4v) is 3.12. The molecule has 126 valence electrons. The number of benzene rings is 1. The number of carbonyl (C=O) groups is 1. The van der Waals surface area contributed by atoms with Crippen molar-refractivity contribution in [2.75, 3.05) is 12.3 Å². The van der Waals surface area contributed by atoms with Crippen LogP contribution in [0.25, 0.3) is 0 Å². The lowest BCUT2D eigenvalue weighted by Gasteiger charge is -2.27. The van der Waals surface area contributed by atoms with E-state index in [2.05, 4.69) is 20.6 Å². The first-order valence-electron chi connectivity index (χ1n) is 7.12. The van der Waals surface area contributed by atoms with E-state index in [1.165, 1.54) is 23.9 Å². The van der Waals surface area contributed by atoms with E-state index in [0.717, 1.165) is 11.1 Å². The number of aromatic nitrogens is 2. The number of amides is 1. The van der Waals surface area contributed by atoms with E-state index in [9.17, 15) is 14.4 Å². The van der Waals surface area contributed by atoms with Crippen molar-refractivity contribution in [2.24, 2.45) is 4.99 Å². The summed E-state index contributed by atoms with van der Waals surface area (Å²) in [5.41, 5.74) is 4.07. The van der Waals surface area contributed by atoms with Crippen LogP contribution in [0.15, 0.2) is 32.8 Å². The Hall–Kier alpha value is -2.46. The van der Waals surface area contributed by atoms with Crippen molar-refractivity contribution in [3.05, 3.63) is 40.8 Å². The second-order valence-electron chi connectivity index (χ2n) is 4.99. The summed E-state index contributed by atoms with van der Waals surface area (Å²) in [4.78, 5) is 14.6. The van der Waals surface area contributed by atoms with E-state index >= 15 is 0 Å². The van der Waals surface area contributed by atoms with Crippen molar-refractivity contribution in [1.82, 2.24) is 21.1 Å². The van der Waals surface area contributed by atoms with Gasteiger partial charge in [-0.2, -0.15) is 0 Å². The Morgan fingerprint density at radius 2 is 2.42 bits per heavy atom. The van der Waals surface area contributed by atoms with Gasteiger partial charge in [0.25, 0.3) is 0 Å². The molecule has 0 radical (unpaired) electrons. The summed E-state index contributed by atoms with van der Waals surface area (Å²) in [6.07, 6.45) is 1.26. The number of hydrogen-bond acceptors (Lipinski definition) is 7. The van der Waals surface area contributed by atoms with Crippen LogP contribution in [0.4, 0.5) is 4.39 Å². The molecule has 10 heteroatoms. The number of nitrogens with one attached hydrogen (secondary N) is 2. The first-order chi connectivity index (χ1) is 11.7. The Bertz CT molecular complexity index is 767. The van der Waals surface area contributed by atoms with Crippen molar-refractivity contribution in [1.29, 1.82) is 0 Å². The molecule has 2 aromatic rings.